The first-order valence-electron chi connectivity index (χ1n) is 19.7. The maximum atomic E-state index is 12.3. The lowest BCUT2D eigenvalue weighted by Crippen LogP contribution is -2.28. The minimum absolute atomic E-state index is 0.169. The van der Waals surface area contributed by atoms with E-state index in [4.69, 9.17) is 18.5 Å². The molecule has 0 saturated carbocycles. The van der Waals surface area contributed by atoms with E-state index in [1.807, 2.05) is 0 Å². The molecule has 0 aliphatic rings. The van der Waals surface area contributed by atoms with Crippen LogP contribution in [-0.4, -0.2) is 65.7 Å². The molecule has 52 heavy (non-hydrogen) atoms. The number of allylic oxidation sites excluding steroid dienone is 10. The number of aliphatic hydroxyl groups is 2. The number of ether oxygens (including phenoxy) is 2. The predicted octanol–water partition coefficient (Wildman–Crippen LogP) is 9.94. The van der Waals surface area contributed by atoms with Crippen molar-refractivity contribution in [3.63, 3.8) is 0 Å². The Morgan fingerprint density at radius 2 is 0.904 bits per heavy atom. The molecule has 0 fully saturated rings. The highest BCUT2D eigenvalue weighted by atomic mass is 31.2. The highest BCUT2D eigenvalue weighted by molar-refractivity contribution is 7.47. The summed E-state index contributed by atoms with van der Waals surface area (Å²) in [7, 11) is -4.64. The number of phosphoric acid groups is 1. The van der Waals surface area contributed by atoms with E-state index in [1.165, 1.54) is 12.8 Å². The van der Waals surface area contributed by atoms with Crippen molar-refractivity contribution in [3.05, 3.63) is 60.8 Å². The van der Waals surface area contributed by atoms with Gasteiger partial charge in [-0.2, -0.15) is 0 Å². The Morgan fingerprint density at radius 3 is 1.31 bits per heavy atom. The van der Waals surface area contributed by atoms with Crippen LogP contribution in [0, 0.1) is 0 Å². The zero-order chi connectivity index (χ0) is 38.4. The maximum Gasteiger partial charge on any atom is 0.472 e. The van der Waals surface area contributed by atoms with Gasteiger partial charge in [0, 0.05) is 12.8 Å². The third-order valence-electron chi connectivity index (χ3n) is 7.96. The number of aliphatic hydroxyl groups excluding tert-OH is 2. The highest BCUT2D eigenvalue weighted by Gasteiger charge is 2.27. The summed E-state index contributed by atoms with van der Waals surface area (Å²) in [5, 5.41) is 19.1. The van der Waals surface area contributed by atoms with Gasteiger partial charge in [-0.15, -0.1) is 0 Å². The van der Waals surface area contributed by atoms with Crippen LogP contribution in [0.2, 0.25) is 0 Å². The monoisotopic (exact) mass is 754 g/mol. The van der Waals surface area contributed by atoms with Crippen LogP contribution in [0.1, 0.15) is 149 Å². The molecule has 0 aliphatic heterocycles. The first-order chi connectivity index (χ1) is 25.3. The average Bonchev–Trinajstić information content (AvgIpc) is 3.13. The smallest absolute Gasteiger partial charge is 0.457 e. The highest BCUT2D eigenvalue weighted by Crippen LogP contribution is 2.43. The Bertz CT molecular complexity index is 1050. The zero-order valence-electron chi connectivity index (χ0n) is 32.3. The van der Waals surface area contributed by atoms with Crippen molar-refractivity contribution in [2.75, 3.05) is 26.4 Å². The minimum Gasteiger partial charge on any atom is -0.457 e. The molecule has 3 unspecified atom stereocenters. The molecule has 0 aromatic carbocycles. The van der Waals surface area contributed by atoms with Gasteiger partial charge in [-0.05, 0) is 70.6 Å². The van der Waals surface area contributed by atoms with Crippen LogP contribution in [-0.2, 0) is 32.7 Å². The van der Waals surface area contributed by atoms with Crippen LogP contribution in [0.4, 0.5) is 0 Å². The van der Waals surface area contributed by atoms with Gasteiger partial charge < -0.3 is 24.6 Å². The lowest BCUT2D eigenvalue weighted by Gasteiger charge is -2.20. The summed E-state index contributed by atoms with van der Waals surface area (Å²) < 4.78 is 32.4. The summed E-state index contributed by atoms with van der Waals surface area (Å²) in [6.45, 7) is 1.99. The molecule has 300 valence electrons. The summed E-state index contributed by atoms with van der Waals surface area (Å²) in [6.07, 6.45) is 39.1. The first kappa shape index (κ1) is 49.7. The summed E-state index contributed by atoms with van der Waals surface area (Å²) in [5.74, 6) is -1.06. The Kier molecular flexibility index (Phi) is 35.3. The quantitative estimate of drug-likeness (QED) is 0.0244. The normalized spacial score (nSPS) is 14.6. The lowest BCUT2D eigenvalue weighted by atomic mass is 10.1. The molecule has 3 atom stereocenters. The maximum absolute atomic E-state index is 12.3. The zero-order valence-corrected chi connectivity index (χ0v) is 33.1. The molecule has 0 rings (SSSR count). The number of carbonyl (C=O) groups excluding carboxylic acids is 2. The summed E-state index contributed by atoms with van der Waals surface area (Å²) in [4.78, 5) is 34.4. The molecule has 0 saturated heterocycles. The van der Waals surface area contributed by atoms with E-state index in [1.54, 1.807) is 0 Å². The van der Waals surface area contributed by atoms with Crippen molar-refractivity contribution in [2.45, 2.75) is 161 Å². The van der Waals surface area contributed by atoms with Gasteiger partial charge in [-0.3, -0.25) is 18.6 Å². The van der Waals surface area contributed by atoms with E-state index in [-0.39, 0.29) is 12.8 Å². The number of carbonyl (C=O) groups is 2. The van der Waals surface area contributed by atoms with Gasteiger partial charge in [0.25, 0.3) is 0 Å². The van der Waals surface area contributed by atoms with E-state index in [9.17, 15) is 29.3 Å². The second-order valence-electron chi connectivity index (χ2n) is 12.9. The average molecular weight is 755 g/mol. The van der Waals surface area contributed by atoms with Gasteiger partial charge in [-0.25, -0.2) is 4.57 Å². The fraction of sp³-hybridized carbons (Fsp3) is 0.707. The third kappa shape index (κ3) is 34.7. The van der Waals surface area contributed by atoms with E-state index < -0.39 is 58.4 Å². The van der Waals surface area contributed by atoms with E-state index in [0.717, 1.165) is 96.3 Å². The fourth-order valence-electron chi connectivity index (χ4n) is 4.91. The number of hydrogen-bond acceptors (Lipinski definition) is 9. The second kappa shape index (κ2) is 37.0. The molecule has 0 bridgehead atoms. The van der Waals surface area contributed by atoms with Crippen LogP contribution in [0.3, 0.4) is 0 Å². The summed E-state index contributed by atoms with van der Waals surface area (Å²) in [6, 6.07) is 0. The van der Waals surface area contributed by atoms with Gasteiger partial charge in [0.15, 0.2) is 0 Å². The van der Waals surface area contributed by atoms with E-state index in [0.29, 0.717) is 12.8 Å². The van der Waals surface area contributed by atoms with Crippen LogP contribution in [0.25, 0.3) is 0 Å². The van der Waals surface area contributed by atoms with Crippen molar-refractivity contribution in [3.8, 4) is 0 Å². The molecule has 0 heterocycles. The molecule has 10 nitrogen and oxygen atoms in total. The van der Waals surface area contributed by atoms with Crippen molar-refractivity contribution < 1.29 is 47.8 Å². The van der Waals surface area contributed by atoms with Gasteiger partial charge in [0.05, 0.1) is 26.4 Å². The van der Waals surface area contributed by atoms with Crippen molar-refractivity contribution in [1.82, 2.24) is 0 Å². The Balaban J connectivity index is 4.02. The molecule has 3 N–H and O–H groups in total. The SMILES string of the molecule is CC/C=C\C/C=C\C/C=C\CCCCCCCC(=O)OC(CO)COP(=O)(O)OCC(CO)OC(=O)CCCCCCC/C=C\C/C=C\CCCC. The fourth-order valence-corrected chi connectivity index (χ4v) is 5.69. The van der Waals surface area contributed by atoms with Crippen molar-refractivity contribution in [2.24, 2.45) is 0 Å². The summed E-state index contributed by atoms with van der Waals surface area (Å²) >= 11 is 0. The summed E-state index contributed by atoms with van der Waals surface area (Å²) in [5.41, 5.74) is 0. The number of hydrogen-bond donors (Lipinski definition) is 3. The van der Waals surface area contributed by atoms with Crippen LogP contribution in [0.15, 0.2) is 60.8 Å². The van der Waals surface area contributed by atoms with Crippen LogP contribution < -0.4 is 0 Å². The largest absolute Gasteiger partial charge is 0.472 e. The molecule has 0 amide bonds. The van der Waals surface area contributed by atoms with E-state index >= 15 is 0 Å². The Labute approximate surface area is 315 Å². The molecule has 0 aromatic heterocycles. The van der Waals surface area contributed by atoms with Gasteiger partial charge in [-0.1, -0.05) is 126 Å². The van der Waals surface area contributed by atoms with Gasteiger partial charge in [0.1, 0.15) is 12.2 Å². The van der Waals surface area contributed by atoms with Crippen molar-refractivity contribution in [1.29, 1.82) is 0 Å². The van der Waals surface area contributed by atoms with Gasteiger partial charge in [0.2, 0.25) is 0 Å². The topological polar surface area (TPSA) is 149 Å². The molecule has 0 spiro atoms. The molecule has 0 aromatic rings. The number of phosphoric ester groups is 1. The third-order valence-corrected chi connectivity index (χ3v) is 8.91. The molecule has 0 aliphatic carbocycles. The molecular weight excluding hydrogens is 683 g/mol. The Morgan fingerprint density at radius 1 is 0.538 bits per heavy atom. The minimum atomic E-state index is -4.64. The number of rotatable bonds is 36. The lowest BCUT2D eigenvalue weighted by molar-refractivity contribution is -0.153. The Hall–Kier alpha value is -2.33. The molecule has 0 radical (unpaired) electrons. The van der Waals surface area contributed by atoms with Crippen LogP contribution in [0.5, 0.6) is 0 Å². The van der Waals surface area contributed by atoms with Gasteiger partial charge >= 0.3 is 19.8 Å². The predicted molar refractivity (Wildman–Crippen MR) is 210 cm³/mol. The van der Waals surface area contributed by atoms with E-state index in [2.05, 4.69) is 74.6 Å². The number of esters is 2. The first-order valence-corrected chi connectivity index (χ1v) is 21.2. The van der Waals surface area contributed by atoms with Crippen molar-refractivity contribution >= 4 is 19.8 Å². The molecule has 11 heteroatoms. The van der Waals surface area contributed by atoms with Crippen LogP contribution >= 0.6 is 7.82 Å². The number of unbranched alkanes of at least 4 members (excludes halogenated alkanes) is 12. The molecular formula is C41H71O10P. The second-order valence-corrected chi connectivity index (χ2v) is 14.3. The standard InChI is InChI=1S/C41H71O10P/c1-3-5-7-9-11-13-15-17-19-21-23-25-27-29-31-33-41(45)51-39(35-43)37-49-52(46,47)48-36-38(34-42)50-40(44)32-30-28-26-24-22-20-18-16-14-12-10-8-6-4-2/h5,7,10-13,16-19,38-39,42-43H,3-4,6,8-9,14-15,20-37H2,1-2H3,(H,46,47)/b7-5-,12-10-,13-11-,18-16-,19-17-.